The van der Waals surface area contributed by atoms with Crippen molar-refractivity contribution < 1.29 is 9.31 Å². The van der Waals surface area contributed by atoms with E-state index in [0.29, 0.717) is 12.2 Å². The first-order valence-electron chi connectivity index (χ1n) is 4.65. The minimum absolute atomic E-state index is 0.0633. The van der Waals surface area contributed by atoms with Gasteiger partial charge in [0, 0.05) is 0 Å². The molecule has 2 nitrogen and oxygen atoms in total. The summed E-state index contributed by atoms with van der Waals surface area (Å²) in [5, 5.41) is 0. The molecule has 1 saturated heterocycles. The smallest absolute Gasteiger partial charge is 0.406 e. The zero-order chi connectivity index (χ0) is 7.42. The van der Waals surface area contributed by atoms with Crippen molar-refractivity contribution in [3.8, 4) is 0 Å². The van der Waals surface area contributed by atoms with Crippen molar-refractivity contribution in [1.82, 2.24) is 0 Å². The molecule has 4 unspecified atom stereocenters. The SMILES string of the molecule is CB1OC2C3CCC(C3)C2O1. The van der Waals surface area contributed by atoms with Crippen LogP contribution < -0.4 is 0 Å². The fourth-order valence-electron chi connectivity index (χ4n) is 3.04. The van der Waals surface area contributed by atoms with Gasteiger partial charge in [0.15, 0.2) is 0 Å². The standard InChI is InChI=1S/C8H13BO2/c1-9-10-7-5-2-3-6(4-5)8(7)11-9/h5-8H,2-4H2,1H3. The molecular formula is C8H13BO2. The molecule has 2 bridgehead atoms. The molecule has 3 heteroatoms. The van der Waals surface area contributed by atoms with Crippen molar-refractivity contribution in [3.05, 3.63) is 0 Å². The van der Waals surface area contributed by atoms with Crippen LogP contribution in [0.4, 0.5) is 0 Å². The zero-order valence-electron chi connectivity index (χ0n) is 6.82. The maximum atomic E-state index is 5.70. The third-order valence-corrected chi connectivity index (χ3v) is 3.46. The van der Waals surface area contributed by atoms with Gasteiger partial charge >= 0.3 is 7.12 Å². The van der Waals surface area contributed by atoms with Gasteiger partial charge < -0.3 is 9.31 Å². The van der Waals surface area contributed by atoms with Crippen LogP contribution in [0.1, 0.15) is 19.3 Å². The fraction of sp³-hybridized carbons (Fsp3) is 1.00. The second kappa shape index (κ2) is 2.02. The number of rotatable bonds is 0. The average molecular weight is 152 g/mol. The Balaban J connectivity index is 1.87. The summed E-state index contributed by atoms with van der Waals surface area (Å²) in [6.07, 6.45) is 5.04. The van der Waals surface area contributed by atoms with Crippen molar-refractivity contribution >= 4 is 7.12 Å². The van der Waals surface area contributed by atoms with E-state index in [9.17, 15) is 0 Å². The predicted octanol–water partition coefficient (Wildman–Crippen LogP) is 1.32. The summed E-state index contributed by atoms with van der Waals surface area (Å²) in [7, 11) is 0.0633. The first-order chi connectivity index (χ1) is 5.34. The molecular weight excluding hydrogens is 139 g/mol. The molecule has 0 aromatic rings. The van der Waals surface area contributed by atoms with Crippen LogP contribution in [0.25, 0.3) is 0 Å². The first kappa shape index (κ1) is 6.50. The van der Waals surface area contributed by atoms with Crippen LogP contribution in [0.3, 0.4) is 0 Å². The lowest BCUT2D eigenvalue weighted by atomic mass is 9.95. The van der Waals surface area contributed by atoms with Crippen LogP contribution in [0.15, 0.2) is 0 Å². The lowest BCUT2D eigenvalue weighted by molar-refractivity contribution is 0.100. The summed E-state index contributed by atoms with van der Waals surface area (Å²) < 4.78 is 11.4. The Hall–Kier alpha value is -0.0151. The lowest BCUT2D eigenvalue weighted by Crippen LogP contribution is -2.28. The van der Waals surface area contributed by atoms with E-state index >= 15 is 0 Å². The van der Waals surface area contributed by atoms with Gasteiger partial charge in [-0.05, 0) is 37.9 Å². The average Bonchev–Trinajstić information content (AvgIpc) is 2.53. The van der Waals surface area contributed by atoms with Gasteiger partial charge in [0.25, 0.3) is 0 Å². The monoisotopic (exact) mass is 152 g/mol. The molecule has 0 radical (unpaired) electrons. The van der Waals surface area contributed by atoms with E-state index in [1.54, 1.807) is 0 Å². The van der Waals surface area contributed by atoms with E-state index in [0.717, 1.165) is 11.8 Å². The van der Waals surface area contributed by atoms with E-state index in [4.69, 9.17) is 9.31 Å². The van der Waals surface area contributed by atoms with Crippen molar-refractivity contribution in [3.63, 3.8) is 0 Å². The second-order valence-corrected chi connectivity index (χ2v) is 4.10. The van der Waals surface area contributed by atoms with E-state index in [1.807, 2.05) is 6.82 Å². The van der Waals surface area contributed by atoms with Gasteiger partial charge in [-0.2, -0.15) is 0 Å². The maximum Gasteiger partial charge on any atom is 0.454 e. The van der Waals surface area contributed by atoms with Crippen LogP contribution in [-0.4, -0.2) is 19.3 Å². The van der Waals surface area contributed by atoms with Gasteiger partial charge in [0.2, 0.25) is 0 Å². The Labute approximate surface area is 67.4 Å². The quantitative estimate of drug-likeness (QED) is 0.487. The highest BCUT2D eigenvalue weighted by Gasteiger charge is 2.53. The molecule has 0 amide bonds. The molecule has 3 fully saturated rings. The van der Waals surface area contributed by atoms with Gasteiger partial charge in [-0.3, -0.25) is 0 Å². The summed E-state index contributed by atoms with van der Waals surface area (Å²) in [4.78, 5) is 0. The molecule has 0 N–H and O–H groups in total. The van der Waals surface area contributed by atoms with E-state index in [-0.39, 0.29) is 7.12 Å². The molecule has 0 spiro atoms. The minimum Gasteiger partial charge on any atom is -0.406 e. The molecule has 2 aliphatic carbocycles. The largest absolute Gasteiger partial charge is 0.454 e. The maximum absolute atomic E-state index is 5.70. The van der Waals surface area contributed by atoms with Crippen molar-refractivity contribution in [1.29, 1.82) is 0 Å². The van der Waals surface area contributed by atoms with E-state index in [2.05, 4.69) is 0 Å². The second-order valence-electron chi connectivity index (χ2n) is 4.10. The van der Waals surface area contributed by atoms with Crippen LogP contribution in [0.2, 0.25) is 6.82 Å². The summed E-state index contributed by atoms with van der Waals surface area (Å²) in [5.74, 6) is 1.66. The van der Waals surface area contributed by atoms with Crippen molar-refractivity contribution in [2.45, 2.75) is 38.3 Å². The highest BCUT2D eigenvalue weighted by atomic mass is 16.7. The van der Waals surface area contributed by atoms with Gasteiger partial charge in [-0.1, -0.05) is 0 Å². The van der Waals surface area contributed by atoms with Crippen LogP contribution in [0, 0.1) is 11.8 Å². The summed E-state index contributed by atoms with van der Waals surface area (Å²) in [6.45, 7) is 2.01. The van der Waals surface area contributed by atoms with Crippen LogP contribution in [-0.2, 0) is 9.31 Å². The highest BCUT2D eigenvalue weighted by molar-refractivity contribution is 6.43. The fourth-order valence-corrected chi connectivity index (χ4v) is 3.04. The molecule has 0 aromatic heterocycles. The van der Waals surface area contributed by atoms with Gasteiger partial charge in [0.1, 0.15) is 0 Å². The summed E-state index contributed by atoms with van der Waals surface area (Å²) in [5.41, 5.74) is 0. The molecule has 1 heterocycles. The molecule has 60 valence electrons. The zero-order valence-corrected chi connectivity index (χ0v) is 6.82. The van der Waals surface area contributed by atoms with E-state index < -0.39 is 0 Å². The Kier molecular flexibility index (Phi) is 1.19. The third-order valence-electron chi connectivity index (χ3n) is 3.46. The minimum atomic E-state index is 0.0633. The van der Waals surface area contributed by atoms with Crippen molar-refractivity contribution in [2.24, 2.45) is 11.8 Å². The van der Waals surface area contributed by atoms with Gasteiger partial charge in [0.05, 0.1) is 12.2 Å². The Morgan fingerprint density at radius 3 is 2.18 bits per heavy atom. The Bertz CT molecular complexity index is 167. The highest BCUT2D eigenvalue weighted by Crippen LogP contribution is 2.50. The Morgan fingerprint density at radius 2 is 1.64 bits per heavy atom. The van der Waals surface area contributed by atoms with Gasteiger partial charge in [-0.25, -0.2) is 0 Å². The lowest BCUT2D eigenvalue weighted by Gasteiger charge is -2.22. The molecule has 3 aliphatic rings. The molecule has 1 aliphatic heterocycles. The first-order valence-corrected chi connectivity index (χ1v) is 4.65. The topological polar surface area (TPSA) is 18.5 Å². The Morgan fingerprint density at radius 1 is 1.09 bits per heavy atom. The summed E-state index contributed by atoms with van der Waals surface area (Å²) >= 11 is 0. The molecule has 2 saturated carbocycles. The summed E-state index contributed by atoms with van der Waals surface area (Å²) in [6, 6.07) is 0. The van der Waals surface area contributed by atoms with Crippen LogP contribution >= 0.6 is 0 Å². The van der Waals surface area contributed by atoms with Gasteiger partial charge in [-0.15, -0.1) is 0 Å². The number of hydrogen-bond donors (Lipinski definition) is 0. The molecule has 3 rings (SSSR count). The van der Waals surface area contributed by atoms with Crippen molar-refractivity contribution in [2.75, 3.05) is 0 Å². The predicted molar refractivity (Wildman–Crippen MR) is 42.2 cm³/mol. The molecule has 4 atom stereocenters. The van der Waals surface area contributed by atoms with Crippen LogP contribution in [0.5, 0.6) is 0 Å². The normalized spacial score (nSPS) is 53.7. The van der Waals surface area contributed by atoms with E-state index in [1.165, 1.54) is 19.3 Å². The number of hydrogen-bond acceptors (Lipinski definition) is 2. The third kappa shape index (κ3) is 0.758. The molecule has 0 aromatic carbocycles. The number of fused-ring (bicyclic) bond motifs is 5. The molecule has 11 heavy (non-hydrogen) atoms.